The number of benzene rings is 1. The highest BCUT2D eigenvalue weighted by Crippen LogP contribution is 2.33. The van der Waals surface area contributed by atoms with E-state index in [1.165, 1.54) is 21.3 Å². The zero-order valence-corrected chi connectivity index (χ0v) is 15.0. The monoisotopic (exact) mass is 365 g/mol. The number of rotatable bonds is 10. The van der Waals surface area contributed by atoms with Crippen LogP contribution in [0.1, 0.15) is 23.0 Å². The number of hydrogen-bond acceptors (Lipinski definition) is 8. The fraction of sp³-hybridized carbons (Fsp3) is 0.389. The van der Waals surface area contributed by atoms with Gasteiger partial charge in [0.25, 0.3) is 0 Å². The molecular weight excluding hydrogens is 342 g/mol. The second kappa shape index (κ2) is 9.81. The molecule has 26 heavy (non-hydrogen) atoms. The highest BCUT2D eigenvalue weighted by molar-refractivity contribution is 5.81. The highest BCUT2D eigenvalue weighted by atomic mass is 16.7. The summed E-state index contributed by atoms with van der Waals surface area (Å²) in [7, 11) is 4.34. The zero-order valence-electron chi connectivity index (χ0n) is 15.0. The molecule has 142 valence electrons. The molecule has 1 heterocycles. The summed E-state index contributed by atoms with van der Waals surface area (Å²) in [4.78, 5) is 12.4. The van der Waals surface area contributed by atoms with E-state index in [0.29, 0.717) is 28.6 Å². The number of carbonyl (C=O) groups is 1. The molecule has 0 saturated heterocycles. The van der Waals surface area contributed by atoms with Crippen molar-refractivity contribution < 1.29 is 32.9 Å². The molecule has 8 nitrogen and oxygen atoms in total. The molecule has 8 heteroatoms. The zero-order chi connectivity index (χ0) is 18.9. The Morgan fingerprint density at radius 3 is 2.12 bits per heavy atom. The first-order chi connectivity index (χ1) is 12.6. The van der Waals surface area contributed by atoms with Crippen LogP contribution in [-0.2, 0) is 25.5 Å². The lowest BCUT2D eigenvalue weighted by molar-refractivity contribution is -0.141. The predicted molar refractivity (Wildman–Crippen MR) is 91.9 cm³/mol. The largest absolute Gasteiger partial charge is 0.468 e. The Hall–Kier alpha value is -2.55. The molecule has 2 rings (SSSR count). The fourth-order valence-electron chi connectivity index (χ4n) is 2.37. The van der Waals surface area contributed by atoms with Crippen molar-refractivity contribution in [1.82, 2.24) is 0 Å². The van der Waals surface area contributed by atoms with Crippen LogP contribution in [0.2, 0.25) is 0 Å². The van der Waals surface area contributed by atoms with Gasteiger partial charge in [0, 0.05) is 20.3 Å². The van der Waals surface area contributed by atoms with Gasteiger partial charge in [0.2, 0.25) is 0 Å². The average Bonchev–Trinajstić information content (AvgIpc) is 3.13. The number of carbonyl (C=O) groups excluding carboxylic acids is 1. The van der Waals surface area contributed by atoms with Crippen LogP contribution < -0.4 is 15.2 Å². The van der Waals surface area contributed by atoms with Crippen molar-refractivity contribution in [2.45, 2.75) is 12.5 Å². The number of methoxy groups -OCH3 is 3. The Kier molecular flexibility index (Phi) is 7.46. The van der Waals surface area contributed by atoms with Crippen molar-refractivity contribution in [2.24, 2.45) is 5.73 Å². The van der Waals surface area contributed by atoms with Gasteiger partial charge in [-0.25, -0.2) is 0 Å². The maximum absolute atomic E-state index is 12.4. The van der Waals surface area contributed by atoms with Crippen molar-refractivity contribution in [3.05, 3.63) is 47.4 Å². The molecule has 2 aromatic rings. The molecule has 0 aliphatic rings. The molecule has 0 fully saturated rings. The van der Waals surface area contributed by atoms with E-state index in [9.17, 15) is 4.79 Å². The van der Waals surface area contributed by atoms with Gasteiger partial charge in [-0.2, -0.15) is 0 Å². The van der Waals surface area contributed by atoms with E-state index in [2.05, 4.69) is 0 Å². The van der Waals surface area contributed by atoms with Crippen LogP contribution in [-0.4, -0.2) is 40.9 Å². The molecule has 1 unspecified atom stereocenters. The highest BCUT2D eigenvalue weighted by Gasteiger charge is 2.28. The van der Waals surface area contributed by atoms with E-state index in [1.54, 1.807) is 30.3 Å². The lowest BCUT2D eigenvalue weighted by Gasteiger charge is -2.16. The van der Waals surface area contributed by atoms with Gasteiger partial charge in [-0.1, -0.05) is 0 Å². The lowest BCUT2D eigenvalue weighted by Crippen LogP contribution is -2.16. The van der Waals surface area contributed by atoms with Crippen LogP contribution in [0.5, 0.6) is 11.5 Å². The average molecular weight is 365 g/mol. The van der Waals surface area contributed by atoms with Crippen molar-refractivity contribution in [1.29, 1.82) is 0 Å². The van der Waals surface area contributed by atoms with Gasteiger partial charge in [0.05, 0.1) is 13.7 Å². The SMILES string of the molecule is COCOc1cc(OCOC)cc(C(C(=O)OC)c2ccc(CN)o2)c1. The third-order valence-corrected chi connectivity index (χ3v) is 3.53. The molecular formula is C18H23NO7. The summed E-state index contributed by atoms with van der Waals surface area (Å²) >= 11 is 0. The van der Waals surface area contributed by atoms with Gasteiger partial charge in [-0.15, -0.1) is 0 Å². The first kappa shape index (κ1) is 19.8. The minimum absolute atomic E-state index is 0.0497. The normalized spacial score (nSPS) is 11.8. The van der Waals surface area contributed by atoms with E-state index in [1.807, 2.05) is 0 Å². The summed E-state index contributed by atoms with van der Waals surface area (Å²) in [5.41, 5.74) is 6.17. The first-order valence-electron chi connectivity index (χ1n) is 7.87. The van der Waals surface area contributed by atoms with E-state index in [-0.39, 0.29) is 20.1 Å². The smallest absolute Gasteiger partial charge is 0.320 e. The second-order valence-corrected chi connectivity index (χ2v) is 5.30. The number of nitrogens with two attached hydrogens (primary N) is 1. The standard InChI is InChI=1S/C18H23NO7/c1-21-10-24-14-6-12(7-15(8-14)25-11-22-2)17(18(20)23-3)16-5-4-13(9-19)26-16/h4-8,17H,9-11,19H2,1-3H3. The van der Waals surface area contributed by atoms with Crippen molar-refractivity contribution in [2.75, 3.05) is 34.9 Å². The van der Waals surface area contributed by atoms with Crippen LogP contribution >= 0.6 is 0 Å². The molecule has 0 aliphatic carbocycles. The Morgan fingerprint density at radius 2 is 1.65 bits per heavy atom. The van der Waals surface area contributed by atoms with E-state index in [0.717, 1.165) is 0 Å². The lowest BCUT2D eigenvalue weighted by atomic mass is 9.96. The first-order valence-corrected chi connectivity index (χ1v) is 7.87. The fourth-order valence-corrected chi connectivity index (χ4v) is 2.37. The minimum Gasteiger partial charge on any atom is -0.468 e. The number of furan rings is 1. The van der Waals surface area contributed by atoms with Crippen molar-refractivity contribution in [3.63, 3.8) is 0 Å². The number of esters is 1. The molecule has 0 bridgehead atoms. The molecule has 2 N–H and O–H groups in total. The Balaban J connectivity index is 2.45. The van der Waals surface area contributed by atoms with Crippen LogP contribution in [0.25, 0.3) is 0 Å². The molecule has 1 aromatic heterocycles. The molecule has 1 atom stereocenters. The van der Waals surface area contributed by atoms with Gasteiger partial charge in [-0.3, -0.25) is 4.79 Å². The third kappa shape index (κ3) is 4.98. The summed E-state index contributed by atoms with van der Waals surface area (Å²) in [5.74, 6) is 0.640. The summed E-state index contributed by atoms with van der Waals surface area (Å²) < 4.78 is 31.4. The molecule has 1 aromatic carbocycles. The van der Waals surface area contributed by atoms with Crippen LogP contribution in [0.4, 0.5) is 0 Å². The van der Waals surface area contributed by atoms with Crippen molar-refractivity contribution >= 4 is 5.97 Å². The van der Waals surface area contributed by atoms with E-state index < -0.39 is 11.9 Å². The summed E-state index contributed by atoms with van der Waals surface area (Å²) in [6.07, 6.45) is 0. The van der Waals surface area contributed by atoms with Gasteiger partial charge in [0.1, 0.15) is 28.9 Å². The molecule has 0 amide bonds. The topological polar surface area (TPSA) is 102 Å². The molecule has 0 aliphatic heterocycles. The van der Waals surface area contributed by atoms with Crippen molar-refractivity contribution in [3.8, 4) is 11.5 Å². The second-order valence-electron chi connectivity index (χ2n) is 5.30. The Bertz CT molecular complexity index is 687. The molecule has 0 radical (unpaired) electrons. The van der Waals surface area contributed by atoms with E-state index >= 15 is 0 Å². The minimum atomic E-state index is -0.795. The van der Waals surface area contributed by atoms with Gasteiger partial charge in [-0.05, 0) is 29.8 Å². The third-order valence-electron chi connectivity index (χ3n) is 3.53. The summed E-state index contributed by atoms with van der Waals surface area (Å²) in [6.45, 7) is 0.329. The number of hydrogen-bond donors (Lipinski definition) is 1. The number of ether oxygens (including phenoxy) is 5. The van der Waals surface area contributed by atoms with Gasteiger partial charge < -0.3 is 33.8 Å². The van der Waals surface area contributed by atoms with Gasteiger partial charge >= 0.3 is 5.97 Å². The predicted octanol–water partition coefficient (Wildman–Crippen LogP) is 2.01. The summed E-state index contributed by atoms with van der Waals surface area (Å²) in [6, 6.07) is 8.49. The van der Waals surface area contributed by atoms with E-state index in [4.69, 9.17) is 33.8 Å². The maximum Gasteiger partial charge on any atom is 0.320 e. The van der Waals surface area contributed by atoms with Crippen LogP contribution in [0.15, 0.2) is 34.7 Å². The van der Waals surface area contributed by atoms with Gasteiger partial charge in [0.15, 0.2) is 13.6 Å². The Morgan fingerprint density at radius 1 is 1.04 bits per heavy atom. The van der Waals surface area contributed by atoms with Crippen LogP contribution in [0.3, 0.4) is 0 Å². The summed E-state index contributed by atoms with van der Waals surface area (Å²) in [5, 5.41) is 0. The quantitative estimate of drug-likeness (QED) is 0.504. The maximum atomic E-state index is 12.4. The molecule has 0 saturated carbocycles. The Labute approximate surface area is 151 Å². The van der Waals surface area contributed by atoms with Crippen LogP contribution in [0, 0.1) is 0 Å². The molecule has 0 spiro atoms.